The van der Waals surface area contributed by atoms with E-state index in [9.17, 15) is 9.59 Å². The van der Waals surface area contributed by atoms with Crippen LogP contribution in [-0.2, 0) is 4.79 Å². The highest BCUT2D eigenvalue weighted by molar-refractivity contribution is 9.09. The van der Waals surface area contributed by atoms with E-state index >= 15 is 0 Å². The summed E-state index contributed by atoms with van der Waals surface area (Å²) in [7, 11) is 0. The van der Waals surface area contributed by atoms with E-state index in [4.69, 9.17) is 0 Å². The van der Waals surface area contributed by atoms with Crippen LogP contribution in [0.25, 0.3) is 0 Å². The molecule has 0 spiro atoms. The largest absolute Gasteiger partial charge is 0.305 e. The second kappa shape index (κ2) is 5.65. The number of halogens is 1. The van der Waals surface area contributed by atoms with Gasteiger partial charge in [0.2, 0.25) is 0 Å². The molecule has 0 aliphatic carbocycles. The molecule has 1 amide bonds. The SMILES string of the molecule is CC(CCBr)CCN1C(=O)C(=O)c2ccccc21. The third kappa shape index (κ3) is 2.48. The summed E-state index contributed by atoms with van der Waals surface area (Å²) in [5.74, 6) is -0.221. The van der Waals surface area contributed by atoms with E-state index in [0.717, 1.165) is 23.9 Å². The third-order valence-electron chi connectivity index (χ3n) is 3.33. The van der Waals surface area contributed by atoms with Gasteiger partial charge in [-0.05, 0) is 30.9 Å². The normalized spacial score (nSPS) is 16.0. The Morgan fingerprint density at radius 1 is 1.22 bits per heavy atom. The number of Topliss-reactive ketones (excluding diaryl/α,β-unsaturated/α-hetero) is 1. The van der Waals surface area contributed by atoms with Gasteiger partial charge in [-0.1, -0.05) is 35.0 Å². The van der Waals surface area contributed by atoms with Gasteiger partial charge in [0, 0.05) is 11.9 Å². The Kier molecular flexibility index (Phi) is 4.17. The first-order chi connectivity index (χ1) is 8.65. The number of para-hydroxylation sites is 1. The summed E-state index contributed by atoms with van der Waals surface area (Å²) >= 11 is 3.42. The van der Waals surface area contributed by atoms with Crippen molar-refractivity contribution in [3.63, 3.8) is 0 Å². The maximum Gasteiger partial charge on any atom is 0.299 e. The summed E-state index contributed by atoms with van der Waals surface area (Å²) in [5, 5.41) is 0.970. The first kappa shape index (κ1) is 13.3. The quantitative estimate of drug-likeness (QED) is 0.619. The predicted molar refractivity (Wildman–Crippen MR) is 75.3 cm³/mol. The van der Waals surface area contributed by atoms with Crippen molar-refractivity contribution in [3.05, 3.63) is 29.8 Å². The minimum absolute atomic E-state index is 0.376. The highest BCUT2D eigenvalue weighted by Gasteiger charge is 2.34. The number of nitrogens with zero attached hydrogens (tertiary/aromatic N) is 1. The van der Waals surface area contributed by atoms with E-state index < -0.39 is 0 Å². The van der Waals surface area contributed by atoms with Crippen molar-refractivity contribution in [1.29, 1.82) is 0 Å². The number of carbonyl (C=O) groups is 2. The van der Waals surface area contributed by atoms with Crippen molar-refractivity contribution in [2.45, 2.75) is 19.8 Å². The summed E-state index contributed by atoms with van der Waals surface area (Å²) in [6.45, 7) is 2.78. The molecule has 0 bridgehead atoms. The summed E-state index contributed by atoms with van der Waals surface area (Å²) < 4.78 is 0. The highest BCUT2D eigenvalue weighted by Crippen LogP contribution is 2.29. The van der Waals surface area contributed by atoms with Gasteiger partial charge in [0.25, 0.3) is 11.7 Å². The van der Waals surface area contributed by atoms with Crippen LogP contribution >= 0.6 is 15.9 Å². The van der Waals surface area contributed by atoms with Gasteiger partial charge in [-0.3, -0.25) is 9.59 Å². The molecule has 1 aromatic carbocycles. The van der Waals surface area contributed by atoms with Crippen LogP contribution in [0.15, 0.2) is 24.3 Å². The van der Waals surface area contributed by atoms with Crippen LogP contribution < -0.4 is 4.90 Å². The summed E-state index contributed by atoms with van der Waals surface area (Å²) in [6.07, 6.45) is 2.00. The molecule has 1 heterocycles. The van der Waals surface area contributed by atoms with E-state index in [1.807, 2.05) is 12.1 Å². The smallest absolute Gasteiger partial charge is 0.299 e. The lowest BCUT2D eigenvalue weighted by Gasteiger charge is -2.18. The molecule has 0 fully saturated rings. The lowest BCUT2D eigenvalue weighted by molar-refractivity contribution is -0.114. The summed E-state index contributed by atoms with van der Waals surface area (Å²) in [5.41, 5.74) is 1.30. The zero-order valence-corrected chi connectivity index (χ0v) is 11.9. The van der Waals surface area contributed by atoms with Gasteiger partial charge >= 0.3 is 0 Å². The number of fused-ring (bicyclic) bond motifs is 1. The molecule has 2 rings (SSSR count). The number of hydrogen-bond donors (Lipinski definition) is 0. The van der Waals surface area contributed by atoms with E-state index in [-0.39, 0.29) is 11.7 Å². The van der Waals surface area contributed by atoms with Crippen molar-refractivity contribution in [3.8, 4) is 0 Å². The number of hydrogen-bond acceptors (Lipinski definition) is 2. The number of carbonyl (C=O) groups excluding carboxylic acids is 2. The first-order valence-corrected chi connectivity index (χ1v) is 7.28. The molecule has 1 aliphatic heterocycles. The summed E-state index contributed by atoms with van der Waals surface area (Å²) in [4.78, 5) is 25.3. The van der Waals surface area contributed by atoms with Gasteiger partial charge in [0.05, 0.1) is 11.3 Å². The number of ketones is 1. The predicted octanol–water partition coefficient (Wildman–Crippen LogP) is 3.03. The van der Waals surface area contributed by atoms with E-state index in [2.05, 4.69) is 22.9 Å². The topological polar surface area (TPSA) is 37.4 Å². The molecule has 18 heavy (non-hydrogen) atoms. The standard InChI is InChI=1S/C14H16BrNO2/c1-10(6-8-15)7-9-16-12-5-3-2-4-11(12)13(17)14(16)18/h2-5,10H,6-9H2,1H3. The van der Waals surface area contributed by atoms with Crippen LogP contribution in [0.3, 0.4) is 0 Å². The van der Waals surface area contributed by atoms with E-state index in [1.54, 1.807) is 17.0 Å². The fourth-order valence-electron chi connectivity index (χ4n) is 2.15. The molecule has 1 aromatic rings. The zero-order valence-electron chi connectivity index (χ0n) is 10.4. The molecule has 0 saturated heterocycles. The van der Waals surface area contributed by atoms with Crippen LogP contribution in [0.4, 0.5) is 5.69 Å². The third-order valence-corrected chi connectivity index (χ3v) is 3.78. The second-order valence-electron chi connectivity index (χ2n) is 4.67. The molecule has 0 saturated carbocycles. The Labute approximate surface area is 115 Å². The molecule has 1 aliphatic rings. The Bertz CT molecular complexity index is 473. The van der Waals surface area contributed by atoms with Crippen LogP contribution in [-0.4, -0.2) is 23.6 Å². The number of rotatable bonds is 5. The number of benzene rings is 1. The van der Waals surface area contributed by atoms with Gasteiger partial charge in [-0.25, -0.2) is 0 Å². The van der Waals surface area contributed by atoms with Crippen LogP contribution in [0.5, 0.6) is 0 Å². The maximum absolute atomic E-state index is 11.9. The lowest BCUT2D eigenvalue weighted by atomic mass is 10.1. The van der Waals surface area contributed by atoms with Gasteiger partial charge in [-0.2, -0.15) is 0 Å². The average Bonchev–Trinajstić information content (AvgIpc) is 2.61. The van der Waals surface area contributed by atoms with E-state index in [1.165, 1.54) is 0 Å². The van der Waals surface area contributed by atoms with Crippen molar-refractivity contribution in [2.24, 2.45) is 5.92 Å². The Morgan fingerprint density at radius 2 is 1.94 bits per heavy atom. The molecule has 0 N–H and O–H groups in total. The van der Waals surface area contributed by atoms with Crippen molar-refractivity contribution in [1.82, 2.24) is 0 Å². The molecule has 1 atom stereocenters. The molecule has 0 aromatic heterocycles. The van der Waals surface area contributed by atoms with Crippen molar-refractivity contribution >= 4 is 33.3 Å². The lowest BCUT2D eigenvalue weighted by Crippen LogP contribution is -2.31. The van der Waals surface area contributed by atoms with Gasteiger partial charge in [0.1, 0.15) is 0 Å². The Hall–Kier alpha value is -1.16. The number of amides is 1. The first-order valence-electron chi connectivity index (χ1n) is 6.16. The van der Waals surface area contributed by atoms with E-state index in [0.29, 0.717) is 18.0 Å². The van der Waals surface area contributed by atoms with Crippen molar-refractivity contribution < 1.29 is 9.59 Å². The fraction of sp³-hybridized carbons (Fsp3) is 0.429. The van der Waals surface area contributed by atoms with Gasteiger partial charge < -0.3 is 4.90 Å². The fourth-order valence-corrected chi connectivity index (χ4v) is 2.93. The molecule has 3 nitrogen and oxygen atoms in total. The van der Waals surface area contributed by atoms with Crippen molar-refractivity contribution in [2.75, 3.05) is 16.8 Å². The summed E-state index contributed by atoms with van der Waals surface area (Å²) in [6, 6.07) is 7.21. The average molecular weight is 310 g/mol. The van der Waals surface area contributed by atoms with Crippen LogP contribution in [0, 0.1) is 5.92 Å². The van der Waals surface area contributed by atoms with Crippen LogP contribution in [0.2, 0.25) is 0 Å². The molecule has 0 radical (unpaired) electrons. The number of anilines is 1. The zero-order chi connectivity index (χ0) is 13.1. The van der Waals surface area contributed by atoms with Gasteiger partial charge in [0.15, 0.2) is 0 Å². The second-order valence-corrected chi connectivity index (χ2v) is 5.47. The molecule has 96 valence electrons. The minimum Gasteiger partial charge on any atom is -0.305 e. The Morgan fingerprint density at radius 3 is 2.67 bits per heavy atom. The maximum atomic E-state index is 11.9. The highest BCUT2D eigenvalue weighted by atomic mass is 79.9. The van der Waals surface area contributed by atoms with Crippen LogP contribution in [0.1, 0.15) is 30.1 Å². The molecule has 4 heteroatoms. The molecular weight excluding hydrogens is 294 g/mol. The minimum atomic E-state index is -0.387. The van der Waals surface area contributed by atoms with Gasteiger partial charge in [-0.15, -0.1) is 0 Å². The monoisotopic (exact) mass is 309 g/mol. The molecular formula is C14H16BrNO2. The molecule has 1 unspecified atom stereocenters. The Balaban J connectivity index is 2.10. The number of alkyl halides is 1.